The molecular formula is C21H23ClN2O3S. The van der Waals surface area contributed by atoms with Gasteiger partial charge in [0.15, 0.2) is 0 Å². The number of nitrogens with one attached hydrogen (secondary N) is 1. The van der Waals surface area contributed by atoms with Crippen molar-refractivity contribution in [3.8, 4) is 0 Å². The van der Waals surface area contributed by atoms with Gasteiger partial charge in [-0.1, -0.05) is 24.4 Å². The molecule has 7 heteroatoms. The zero-order valence-corrected chi connectivity index (χ0v) is 17.1. The summed E-state index contributed by atoms with van der Waals surface area (Å²) in [5.74, 6) is -0.0765. The fraction of sp³-hybridized carbons (Fsp3) is 0.381. The van der Waals surface area contributed by atoms with Crippen LogP contribution >= 0.6 is 11.6 Å². The molecule has 1 amide bonds. The Hall–Kier alpha value is -2.05. The number of rotatable bonds is 4. The molecule has 0 aromatic heterocycles. The van der Waals surface area contributed by atoms with Gasteiger partial charge >= 0.3 is 0 Å². The summed E-state index contributed by atoms with van der Waals surface area (Å²) in [7, 11) is -3.67. The predicted octanol–water partition coefficient (Wildman–Crippen LogP) is 4.15. The highest BCUT2D eigenvalue weighted by molar-refractivity contribution is 7.92. The minimum atomic E-state index is -3.67. The van der Waals surface area contributed by atoms with Crippen LogP contribution in [0.1, 0.15) is 48.0 Å². The molecule has 0 saturated heterocycles. The minimum absolute atomic E-state index is 0.0765. The topological polar surface area (TPSA) is 66.5 Å². The molecule has 1 N–H and O–H groups in total. The lowest BCUT2D eigenvalue weighted by Crippen LogP contribution is -2.36. The molecule has 1 aliphatic heterocycles. The van der Waals surface area contributed by atoms with Crippen LogP contribution in [-0.2, 0) is 16.4 Å². The second-order valence-corrected chi connectivity index (χ2v) is 9.73. The number of fused-ring (bicyclic) bond motifs is 1. The Bertz CT molecular complexity index is 983. The molecule has 28 heavy (non-hydrogen) atoms. The van der Waals surface area contributed by atoms with Gasteiger partial charge in [-0.15, -0.1) is 0 Å². The summed E-state index contributed by atoms with van der Waals surface area (Å²) in [5, 5.41) is 3.59. The van der Waals surface area contributed by atoms with Crippen molar-refractivity contribution < 1.29 is 13.2 Å². The van der Waals surface area contributed by atoms with Gasteiger partial charge in [-0.05, 0) is 73.7 Å². The predicted molar refractivity (Wildman–Crippen MR) is 110 cm³/mol. The second-order valence-electron chi connectivity index (χ2n) is 7.43. The number of anilines is 1. The minimum Gasteiger partial charge on any atom is -0.349 e. The van der Waals surface area contributed by atoms with Gasteiger partial charge in [-0.25, -0.2) is 8.42 Å². The summed E-state index contributed by atoms with van der Waals surface area (Å²) >= 11 is 5.89. The van der Waals surface area contributed by atoms with Crippen LogP contribution in [0.15, 0.2) is 47.4 Å². The van der Waals surface area contributed by atoms with Crippen LogP contribution < -0.4 is 9.62 Å². The number of carbonyl (C=O) groups is 1. The Kier molecular flexibility index (Phi) is 5.34. The van der Waals surface area contributed by atoms with Gasteiger partial charge in [0.05, 0.1) is 10.6 Å². The average Bonchev–Trinajstić information content (AvgIpc) is 3.20. The number of hydrogen-bond donors (Lipinski definition) is 1. The number of benzene rings is 2. The van der Waals surface area contributed by atoms with Gasteiger partial charge < -0.3 is 5.32 Å². The molecule has 4 rings (SSSR count). The van der Waals surface area contributed by atoms with E-state index in [4.69, 9.17) is 11.6 Å². The summed E-state index contributed by atoms with van der Waals surface area (Å²) in [4.78, 5) is 12.8. The van der Waals surface area contributed by atoms with Gasteiger partial charge in [0.1, 0.15) is 0 Å². The van der Waals surface area contributed by atoms with E-state index in [0.29, 0.717) is 29.2 Å². The molecule has 2 aliphatic rings. The molecule has 0 unspecified atom stereocenters. The molecule has 0 radical (unpaired) electrons. The van der Waals surface area contributed by atoms with E-state index in [9.17, 15) is 13.2 Å². The van der Waals surface area contributed by atoms with Crippen molar-refractivity contribution in [1.29, 1.82) is 0 Å². The largest absolute Gasteiger partial charge is 0.349 e. The molecule has 0 atom stereocenters. The molecule has 2 aromatic carbocycles. The zero-order valence-electron chi connectivity index (χ0n) is 15.5. The van der Waals surface area contributed by atoms with E-state index >= 15 is 0 Å². The number of amides is 1. The molecule has 1 fully saturated rings. The van der Waals surface area contributed by atoms with E-state index in [1.807, 2.05) is 6.07 Å². The average molecular weight is 419 g/mol. The molecule has 0 spiro atoms. The van der Waals surface area contributed by atoms with Crippen LogP contribution in [0, 0.1) is 0 Å². The lowest BCUT2D eigenvalue weighted by Gasteiger charge is -2.31. The number of aryl methyl sites for hydroxylation is 1. The van der Waals surface area contributed by atoms with Gasteiger partial charge in [-0.3, -0.25) is 9.10 Å². The number of carbonyl (C=O) groups excluding carboxylic acids is 1. The van der Waals surface area contributed by atoms with Crippen LogP contribution in [0.3, 0.4) is 0 Å². The SMILES string of the molecule is O=C(NC1CCCC1)c1ccc2c(c1)CCCN2S(=O)(=O)c1ccc(Cl)cc1. The first-order chi connectivity index (χ1) is 13.4. The van der Waals surface area contributed by atoms with E-state index in [1.165, 1.54) is 16.4 Å². The second kappa shape index (κ2) is 7.76. The summed E-state index contributed by atoms with van der Waals surface area (Å²) in [6.07, 6.45) is 5.85. The van der Waals surface area contributed by atoms with Crippen LogP contribution in [-0.4, -0.2) is 26.9 Å². The summed E-state index contributed by atoms with van der Waals surface area (Å²) in [6, 6.07) is 11.8. The summed E-state index contributed by atoms with van der Waals surface area (Å²) < 4.78 is 27.7. The molecule has 1 heterocycles. The van der Waals surface area contributed by atoms with Crippen LogP contribution in [0.2, 0.25) is 5.02 Å². The third-order valence-corrected chi connectivity index (χ3v) is 7.59. The molecule has 1 aliphatic carbocycles. The van der Waals surface area contributed by atoms with Crippen LogP contribution in [0.4, 0.5) is 5.69 Å². The van der Waals surface area contributed by atoms with E-state index in [2.05, 4.69) is 5.32 Å². The molecule has 148 valence electrons. The van der Waals surface area contributed by atoms with E-state index in [1.54, 1.807) is 24.3 Å². The number of sulfonamides is 1. The van der Waals surface area contributed by atoms with Crippen molar-refractivity contribution in [2.24, 2.45) is 0 Å². The van der Waals surface area contributed by atoms with Gasteiger partial charge in [-0.2, -0.15) is 0 Å². The third-order valence-electron chi connectivity index (χ3n) is 5.51. The van der Waals surface area contributed by atoms with Crippen molar-refractivity contribution in [1.82, 2.24) is 5.32 Å². The van der Waals surface area contributed by atoms with Crippen molar-refractivity contribution in [3.05, 3.63) is 58.6 Å². The lowest BCUT2D eigenvalue weighted by molar-refractivity contribution is 0.0938. The van der Waals surface area contributed by atoms with Crippen LogP contribution in [0.5, 0.6) is 0 Å². The normalized spacial score (nSPS) is 17.4. The third kappa shape index (κ3) is 3.76. The highest BCUT2D eigenvalue weighted by atomic mass is 35.5. The summed E-state index contributed by atoms with van der Waals surface area (Å²) in [5.41, 5.74) is 2.14. The fourth-order valence-corrected chi connectivity index (χ4v) is 5.69. The van der Waals surface area contributed by atoms with Crippen molar-refractivity contribution in [2.75, 3.05) is 10.8 Å². The number of nitrogens with zero attached hydrogens (tertiary/aromatic N) is 1. The lowest BCUT2D eigenvalue weighted by atomic mass is 10.0. The molecule has 2 aromatic rings. The van der Waals surface area contributed by atoms with Gasteiger partial charge in [0.25, 0.3) is 15.9 Å². The monoisotopic (exact) mass is 418 g/mol. The maximum absolute atomic E-state index is 13.1. The number of halogens is 1. The van der Waals surface area contributed by atoms with Crippen molar-refractivity contribution >= 4 is 33.2 Å². The number of hydrogen-bond acceptors (Lipinski definition) is 3. The van der Waals surface area contributed by atoms with Gasteiger partial charge in [0.2, 0.25) is 0 Å². The van der Waals surface area contributed by atoms with Crippen molar-refractivity contribution in [3.63, 3.8) is 0 Å². The molecule has 1 saturated carbocycles. The first-order valence-corrected chi connectivity index (χ1v) is 11.5. The molecular weight excluding hydrogens is 396 g/mol. The maximum atomic E-state index is 13.1. The Labute approximate surface area is 170 Å². The highest BCUT2D eigenvalue weighted by Gasteiger charge is 2.29. The maximum Gasteiger partial charge on any atom is 0.264 e. The van der Waals surface area contributed by atoms with E-state index in [-0.39, 0.29) is 16.8 Å². The smallest absolute Gasteiger partial charge is 0.264 e. The van der Waals surface area contributed by atoms with Crippen molar-refractivity contribution in [2.45, 2.75) is 49.5 Å². The van der Waals surface area contributed by atoms with Gasteiger partial charge in [0, 0.05) is 23.2 Å². The molecule has 0 bridgehead atoms. The Morgan fingerprint density at radius 1 is 1.04 bits per heavy atom. The Morgan fingerprint density at radius 3 is 2.46 bits per heavy atom. The van der Waals surface area contributed by atoms with E-state index < -0.39 is 10.0 Å². The zero-order chi connectivity index (χ0) is 19.7. The highest BCUT2D eigenvalue weighted by Crippen LogP contribution is 2.33. The quantitative estimate of drug-likeness (QED) is 0.810. The van der Waals surface area contributed by atoms with E-state index in [0.717, 1.165) is 37.7 Å². The standard InChI is InChI=1S/C21H23ClN2O3S/c22-17-8-10-19(11-9-17)28(26,27)24-13-3-4-15-14-16(7-12-20(15)24)21(25)23-18-5-1-2-6-18/h7-12,14,18H,1-6,13H2,(H,23,25). The van der Waals surface area contributed by atoms with Crippen LogP contribution in [0.25, 0.3) is 0 Å². The molecule has 5 nitrogen and oxygen atoms in total. The first kappa shape index (κ1) is 19.3. The fourth-order valence-electron chi connectivity index (χ4n) is 4.03. The summed E-state index contributed by atoms with van der Waals surface area (Å²) in [6.45, 7) is 0.422. The Morgan fingerprint density at radius 2 is 1.75 bits per heavy atom. The Balaban J connectivity index is 1.61. The first-order valence-electron chi connectivity index (χ1n) is 9.67.